The van der Waals surface area contributed by atoms with E-state index in [0.29, 0.717) is 5.56 Å². The van der Waals surface area contributed by atoms with E-state index in [0.717, 1.165) is 5.56 Å². The maximum absolute atomic E-state index is 14.1. The van der Waals surface area contributed by atoms with Crippen LogP contribution in [-0.4, -0.2) is 51.2 Å². The fourth-order valence-electron chi connectivity index (χ4n) is 4.23. The van der Waals surface area contributed by atoms with Gasteiger partial charge in [-0.2, -0.15) is 0 Å². The van der Waals surface area contributed by atoms with E-state index >= 15 is 0 Å². The predicted octanol–water partition coefficient (Wildman–Crippen LogP) is 4.44. The highest BCUT2D eigenvalue weighted by Crippen LogP contribution is 2.30. The number of carbonyl (C=O) groups excluding carboxylic acids is 3. The predicted molar refractivity (Wildman–Crippen MR) is 151 cm³/mol. The van der Waals surface area contributed by atoms with E-state index in [1.165, 1.54) is 23.1 Å². The lowest BCUT2D eigenvalue weighted by atomic mass is 9.99. The van der Waals surface area contributed by atoms with Crippen LogP contribution in [0.5, 0.6) is 11.5 Å². The lowest BCUT2D eigenvalue weighted by molar-refractivity contribution is -0.142. The van der Waals surface area contributed by atoms with Crippen molar-refractivity contribution in [2.24, 2.45) is 0 Å². The Labute approximate surface area is 234 Å². The van der Waals surface area contributed by atoms with Gasteiger partial charge in [0.1, 0.15) is 29.2 Å². The van der Waals surface area contributed by atoms with Gasteiger partial charge in [-0.25, -0.2) is 4.79 Å². The second kappa shape index (κ2) is 13.5. The molecule has 4 N–H and O–H groups in total. The van der Waals surface area contributed by atoms with Crippen molar-refractivity contribution in [3.8, 4) is 11.5 Å². The molecule has 0 saturated carbocycles. The maximum Gasteiger partial charge on any atom is 0.408 e. The van der Waals surface area contributed by atoms with Crippen molar-refractivity contribution in [3.05, 3.63) is 95.6 Å². The van der Waals surface area contributed by atoms with Crippen LogP contribution < -0.4 is 10.6 Å². The summed E-state index contributed by atoms with van der Waals surface area (Å²) >= 11 is 0. The zero-order valence-electron chi connectivity index (χ0n) is 23.3. The van der Waals surface area contributed by atoms with Crippen LogP contribution in [0.4, 0.5) is 4.79 Å². The van der Waals surface area contributed by atoms with Crippen molar-refractivity contribution in [1.29, 1.82) is 0 Å². The second-order valence-corrected chi connectivity index (χ2v) is 10.4. The van der Waals surface area contributed by atoms with Gasteiger partial charge in [-0.3, -0.25) is 9.59 Å². The lowest BCUT2D eigenvalue weighted by Crippen LogP contribution is -2.53. The van der Waals surface area contributed by atoms with Crippen molar-refractivity contribution in [1.82, 2.24) is 15.5 Å². The quantitative estimate of drug-likeness (QED) is 0.297. The number of nitrogens with one attached hydrogen (secondary N) is 2. The molecule has 0 heterocycles. The van der Waals surface area contributed by atoms with E-state index < -0.39 is 35.6 Å². The highest BCUT2D eigenvalue weighted by atomic mass is 16.6. The van der Waals surface area contributed by atoms with Crippen molar-refractivity contribution < 1.29 is 29.3 Å². The van der Waals surface area contributed by atoms with E-state index in [-0.39, 0.29) is 36.6 Å². The maximum atomic E-state index is 14.1. The second-order valence-electron chi connectivity index (χ2n) is 10.4. The molecular weight excluding hydrogens is 510 g/mol. The molecule has 2 atom stereocenters. The molecule has 40 heavy (non-hydrogen) atoms. The Hall–Kier alpha value is -4.53. The van der Waals surface area contributed by atoms with Gasteiger partial charge in [0.15, 0.2) is 0 Å². The molecule has 0 radical (unpaired) electrons. The Kier molecular flexibility index (Phi) is 10.1. The van der Waals surface area contributed by atoms with Crippen molar-refractivity contribution in [3.63, 3.8) is 0 Å². The molecule has 0 bridgehead atoms. The minimum absolute atomic E-state index is 0.0663. The minimum atomic E-state index is -1.18. The van der Waals surface area contributed by atoms with Gasteiger partial charge in [0.05, 0.1) is 0 Å². The number of rotatable bonds is 10. The largest absolute Gasteiger partial charge is 0.508 e. The van der Waals surface area contributed by atoms with E-state index in [1.54, 1.807) is 58.0 Å². The van der Waals surface area contributed by atoms with Crippen molar-refractivity contribution in [2.45, 2.75) is 58.3 Å². The molecule has 0 fully saturated rings. The highest BCUT2D eigenvalue weighted by Gasteiger charge is 2.36. The van der Waals surface area contributed by atoms with Crippen LogP contribution in [-0.2, 0) is 27.3 Å². The van der Waals surface area contributed by atoms with Crippen LogP contribution in [0.2, 0.25) is 0 Å². The average Bonchev–Trinajstić information content (AvgIpc) is 2.91. The Bertz CT molecular complexity index is 1290. The third kappa shape index (κ3) is 8.49. The van der Waals surface area contributed by atoms with Crippen LogP contribution in [0.3, 0.4) is 0 Å². The minimum Gasteiger partial charge on any atom is -0.508 e. The van der Waals surface area contributed by atoms with Crippen LogP contribution in [0.1, 0.15) is 50.4 Å². The third-order valence-electron chi connectivity index (χ3n) is 6.09. The number of ether oxygens (including phenoxy) is 1. The highest BCUT2D eigenvalue weighted by molar-refractivity contribution is 5.92. The topological polar surface area (TPSA) is 128 Å². The van der Waals surface area contributed by atoms with Crippen LogP contribution in [0.15, 0.2) is 78.9 Å². The molecule has 3 aromatic carbocycles. The number of amides is 3. The Morgan fingerprint density at radius 2 is 1.50 bits per heavy atom. The molecule has 0 aliphatic carbocycles. The number of nitrogens with zero attached hydrogens (tertiary/aromatic N) is 1. The number of hydrogen-bond donors (Lipinski definition) is 4. The zero-order valence-corrected chi connectivity index (χ0v) is 23.3. The molecule has 3 rings (SSSR count). The first-order valence-electron chi connectivity index (χ1n) is 13.2. The van der Waals surface area contributed by atoms with Crippen molar-refractivity contribution >= 4 is 17.9 Å². The number of phenols is 2. The summed E-state index contributed by atoms with van der Waals surface area (Å²) in [6.45, 7) is 7.20. The van der Waals surface area contributed by atoms with E-state index in [1.807, 2.05) is 30.3 Å². The number of hydrogen-bond acceptors (Lipinski definition) is 6. The Balaban J connectivity index is 1.96. The lowest BCUT2D eigenvalue weighted by Gasteiger charge is -2.34. The number of phenolic OH excluding ortho intramolecular Hbond substituents is 2. The first kappa shape index (κ1) is 30.0. The number of aromatic hydroxyl groups is 2. The first-order chi connectivity index (χ1) is 19.0. The van der Waals surface area contributed by atoms with Gasteiger partial charge in [0, 0.05) is 25.1 Å². The summed E-state index contributed by atoms with van der Waals surface area (Å²) in [5.74, 6) is -1.09. The summed E-state index contributed by atoms with van der Waals surface area (Å²) in [5.41, 5.74) is 1.01. The van der Waals surface area contributed by atoms with E-state index in [2.05, 4.69) is 10.6 Å². The van der Waals surface area contributed by atoms with Crippen LogP contribution in [0.25, 0.3) is 0 Å². The summed E-state index contributed by atoms with van der Waals surface area (Å²) in [7, 11) is 0. The molecule has 3 amide bonds. The van der Waals surface area contributed by atoms with Gasteiger partial charge in [0.25, 0.3) is 0 Å². The van der Waals surface area contributed by atoms with Crippen LogP contribution >= 0.6 is 0 Å². The van der Waals surface area contributed by atoms with Gasteiger partial charge in [-0.1, -0.05) is 60.7 Å². The van der Waals surface area contributed by atoms with Gasteiger partial charge in [-0.15, -0.1) is 0 Å². The molecule has 2 unspecified atom stereocenters. The number of likely N-dealkylation sites (N-methyl/N-ethyl adjacent to an activating group) is 1. The standard InChI is InChI=1S/C31H37N3O6/c1-5-34(27(24-13-9-10-14-26(24)36)28(37)32-20-22-11-7-6-8-12-22)29(38)25(33-30(39)40-31(2,3)4)19-21-15-17-23(35)18-16-21/h6-18,25,27,35-36H,5,19-20H2,1-4H3,(H,32,37)(H,33,39). The normalized spacial score (nSPS) is 12.6. The van der Waals surface area contributed by atoms with Crippen molar-refractivity contribution in [2.75, 3.05) is 6.54 Å². The summed E-state index contributed by atoms with van der Waals surface area (Å²) in [6.07, 6.45) is -0.707. The first-order valence-corrected chi connectivity index (χ1v) is 13.2. The summed E-state index contributed by atoms with van der Waals surface area (Å²) < 4.78 is 5.41. The fraction of sp³-hybridized carbons (Fsp3) is 0.323. The molecule has 0 aliphatic rings. The summed E-state index contributed by atoms with van der Waals surface area (Å²) in [5, 5.41) is 25.9. The summed E-state index contributed by atoms with van der Waals surface area (Å²) in [4.78, 5) is 41.8. The van der Waals surface area contributed by atoms with Gasteiger partial charge in [0.2, 0.25) is 11.8 Å². The molecule has 212 valence electrons. The molecule has 9 nitrogen and oxygen atoms in total. The SMILES string of the molecule is CCN(C(=O)C(Cc1ccc(O)cc1)NC(=O)OC(C)(C)C)C(C(=O)NCc1ccccc1)c1ccccc1O. The number of para-hydroxylation sites is 1. The molecule has 9 heteroatoms. The third-order valence-corrected chi connectivity index (χ3v) is 6.09. The smallest absolute Gasteiger partial charge is 0.408 e. The van der Waals surface area contributed by atoms with Crippen LogP contribution in [0, 0.1) is 0 Å². The number of alkyl carbamates (subject to hydrolysis) is 1. The molecule has 3 aromatic rings. The molecule has 0 saturated heterocycles. The summed E-state index contributed by atoms with van der Waals surface area (Å²) in [6, 6.07) is 19.7. The monoisotopic (exact) mass is 547 g/mol. The number of benzene rings is 3. The van der Waals surface area contributed by atoms with Gasteiger partial charge >= 0.3 is 6.09 Å². The van der Waals surface area contributed by atoms with Gasteiger partial charge in [-0.05, 0) is 57.0 Å². The van der Waals surface area contributed by atoms with E-state index in [9.17, 15) is 24.6 Å². The number of carbonyl (C=O) groups is 3. The van der Waals surface area contributed by atoms with Gasteiger partial charge < -0.3 is 30.5 Å². The van der Waals surface area contributed by atoms with E-state index in [4.69, 9.17) is 4.74 Å². The molecule has 0 aliphatic heterocycles. The Morgan fingerprint density at radius 1 is 0.875 bits per heavy atom. The zero-order chi connectivity index (χ0) is 29.3. The molecular formula is C31H37N3O6. The molecule has 0 spiro atoms. The Morgan fingerprint density at radius 3 is 2.10 bits per heavy atom. The fourth-order valence-corrected chi connectivity index (χ4v) is 4.23. The molecule has 0 aromatic heterocycles. The average molecular weight is 548 g/mol.